The normalized spacial score (nSPS) is 11.6. The summed E-state index contributed by atoms with van der Waals surface area (Å²) in [6, 6.07) is 13.2. The Labute approximate surface area is 144 Å². The highest BCUT2D eigenvalue weighted by Crippen LogP contribution is 2.15. The van der Waals surface area contributed by atoms with Gasteiger partial charge in [0.1, 0.15) is 11.6 Å². The van der Waals surface area contributed by atoms with Crippen molar-refractivity contribution in [1.29, 1.82) is 0 Å². The van der Waals surface area contributed by atoms with Crippen LogP contribution in [-0.4, -0.2) is 18.0 Å². The number of benzene rings is 2. The number of nitrogens with zero attached hydrogens (tertiary/aromatic N) is 2. The van der Waals surface area contributed by atoms with Crippen molar-refractivity contribution in [1.82, 2.24) is 15.6 Å². The number of hydrogen-bond donors (Lipinski definition) is 2. The lowest BCUT2D eigenvalue weighted by Gasteiger charge is -2.13. The van der Waals surface area contributed by atoms with Gasteiger partial charge in [-0.05, 0) is 35.9 Å². The van der Waals surface area contributed by atoms with Gasteiger partial charge in [0.2, 0.25) is 0 Å². The van der Waals surface area contributed by atoms with Gasteiger partial charge in [0, 0.05) is 37.3 Å². The average molecular weight is 340 g/mol. The van der Waals surface area contributed by atoms with Crippen LogP contribution in [0.25, 0.3) is 10.9 Å². The van der Waals surface area contributed by atoms with Gasteiger partial charge in [-0.1, -0.05) is 18.2 Å². The first kappa shape index (κ1) is 16.8. The molecule has 0 bridgehead atoms. The number of halogens is 2. The lowest BCUT2D eigenvalue weighted by Crippen LogP contribution is -2.36. The maximum absolute atomic E-state index is 13.7. The van der Waals surface area contributed by atoms with Crippen molar-refractivity contribution in [3.8, 4) is 0 Å². The molecule has 0 saturated carbocycles. The molecular formula is C19H18F2N4. The Balaban J connectivity index is 1.65. The summed E-state index contributed by atoms with van der Waals surface area (Å²) in [6.07, 6.45) is 1.76. The van der Waals surface area contributed by atoms with Crippen molar-refractivity contribution in [3.05, 3.63) is 77.5 Å². The molecule has 128 valence electrons. The lowest BCUT2D eigenvalue weighted by atomic mass is 10.1. The van der Waals surface area contributed by atoms with Crippen LogP contribution in [0.4, 0.5) is 8.78 Å². The monoisotopic (exact) mass is 340 g/mol. The van der Waals surface area contributed by atoms with Crippen LogP contribution in [0.2, 0.25) is 0 Å². The molecular weight excluding hydrogens is 322 g/mol. The molecule has 0 unspecified atom stereocenters. The molecule has 3 aromatic rings. The summed E-state index contributed by atoms with van der Waals surface area (Å²) < 4.78 is 26.9. The van der Waals surface area contributed by atoms with Gasteiger partial charge in [0.25, 0.3) is 0 Å². The molecule has 2 N–H and O–H groups in total. The molecule has 0 fully saturated rings. The zero-order chi connectivity index (χ0) is 17.6. The third-order valence-corrected chi connectivity index (χ3v) is 3.86. The maximum Gasteiger partial charge on any atom is 0.191 e. The van der Waals surface area contributed by atoms with Crippen LogP contribution in [0, 0.1) is 11.6 Å². The van der Waals surface area contributed by atoms with Gasteiger partial charge < -0.3 is 10.6 Å². The second-order valence-electron chi connectivity index (χ2n) is 5.50. The van der Waals surface area contributed by atoms with Crippen molar-refractivity contribution in [2.75, 3.05) is 7.05 Å². The van der Waals surface area contributed by atoms with Crippen LogP contribution >= 0.6 is 0 Å². The molecule has 1 heterocycles. The van der Waals surface area contributed by atoms with E-state index in [-0.39, 0.29) is 12.1 Å². The van der Waals surface area contributed by atoms with Crippen molar-refractivity contribution in [3.63, 3.8) is 0 Å². The topological polar surface area (TPSA) is 49.3 Å². The van der Waals surface area contributed by atoms with E-state index in [0.29, 0.717) is 12.5 Å². The SMILES string of the molecule is CN=C(NCc1cc(F)ccc1F)NCc1ccnc2ccccc12. The number of fused-ring (bicyclic) bond motifs is 1. The van der Waals surface area contributed by atoms with Crippen LogP contribution in [0.3, 0.4) is 0 Å². The first-order valence-corrected chi connectivity index (χ1v) is 7.88. The van der Waals surface area contributed by atoms with E-state index in [0.717, 1.165) is 28.6 Å². The van der Waals surface area contributed by atoms with Gasteiger partial charge in [-0.25, -0.2) is 8.78 Å². The molecule has 3 rings (SSSR count). The van der Waals surface area contributed by atoms with Crippen LogP contribution in [0.15, 0.2) is 59.7 Å². The molecule has 0 aliphatic rings. The maximum atomic E-state index is 13.7. The van der Waals surface area contributed by atoms with E-state index in [2.05, 4.69) is 20.6 Å². The predicted octanol–water partition coefficient (Wildman–Crippen LogP) is 3.38. The number of guanidine groups is 1. The Morgan fingerprint density at radius 3 is 2.56 bits per heavy atom. The molecule has 0 spiro atoms. The van der Waals surface area contributed by atoms with E-state index < -0.39 is 11.6 Å². The third kappa shape index (κ3) is 4.09. The van der Waals surface area contributed by atoms with Crippen LogP contribution in [0.1, 0.15) is 11.1 Å². The predicted molar refractivity (Wildman–Crippen MR) is 95.1 cm³/mol. The minimum Gasteiger partial charge on any atom is -0.352 e. The number of aliphatic imine (C=N–C) groups is 1. The Bertz CT molecular complexity index is 904. The van der Waals surface area contributed by atoms with Gasteiger partial charge in [-0.15, -0.1) is 0 Å². The number of nitrogens with one attached hydrogen (secondary N) is 2. The summed E-state index contributed by atoms with van der Waals surface area (Å²) in [5.74, 6) is -0.418. The highest BCUT2D eigenvalue weighted by atomic mass is 19.1. The number of rotatable bonds is 4. The van der Waals surface area contributed by atoms with Crippen molar-refractivity contribution in [2.45, 2.75) is 13.1 Å². The first-order chi connectivity index (χ1) is 12.2. The molecule has 2 aromatic carbocycles. The summed E-state index contributed by atoms with van der Waals surface area (Å²) in [5, 5.41) is 7.23. The summed E-state index contributed by atoms with van der Waals surface area (Å²) >= 11 is 0. The molecule has 0 amide bonds. The Morgan fingerprint density at radius 1 is 1.00 bits per heavy atom. The third-order valence-electron chi connectivity index (χ3n) is 3.86. The van der Waals surface area contributed by atoms with Gasteiger partial charge in [0.15, 0.2) is 5.96 Å². The van der Waals surface area contributed by atoms with Crippen molar-refractivity contribution >= 4 is 16.9 Å². The molecule has 0 aliphatic heterocycles. The molecule has 1 aromatic heterocycles. The highest BCUT2D eigenvalue weighted by Gasteiger charge is 2.06. The van der Waals surface area contributed by atoms with E-state index in [1.165, 1.54) is 6.07 Å². The van der Waals surface area contributed by atoms with Crippen LogP contribution in [0.5, 0.6) is 0 Å². The number of hydrogen-bond acceptors (Lipinski definition) is 2. The second-order valence-corrected chi connectivity index (χ2v) is 5.50. The van der Waals surface area contributed by atoms with E-state index in [4.69, 9.17) is 0 Å². The lowest BCUT2D eigenvalue weighted by molar-refractivity contribution is 0.581. The molecule has 0 radical (unpaired) electrons. The van der Waals surface area contributed by atoms with E-state index >= 15 is 0 Å². The number of pyridine rings is 1. The molecule has 0 aliphatic carbocycles. The summed E-state index contributed by atoms with van der Waals surface area (Å²) in [6.45, 7) is 0.675. The first-order valence-electron chi connectivity index (χ1n) is 7.88. The van der Waals surface area contributed by atoms with E-state index in [9.17, 15) is 8.78 Å². The van der Waals surface area contributed by atoms with Crippen molar-refractivity contribution in [2.24, 2.45) is 4.99 Å². The largest absolute Gasteiger partial charge is 0.352 e. The molecule has 25 heavy (non-hydrogen) atoms. The smallest absolute Gasteiger partial charge is 0.191 e. The van der Waals surface area contributed by atoms with Gasteiger partial charge in [-0.2, -0.15) is 0 Å². The summed E-state index contributed by atoms with van der Waals surface area (Å²) in [4.78, 5) is 8.45. The summed E-state index contributed by atoms with van der Waals surface area (Å²) in [7, 11) is 1.63. The molecule has 4 nitrogen and oxygen atoms in total. The Hall–Kier alpha value is -3.02. The Morgan fingerprint density at radius 2 is 1.76 bits per heavy atom. The van der Waals surface area contributed by atoms with Crippen LogP contribution < -0.4 is 10.6 Å². The van der Waals surface area contributed by atoms with E-state index in [1.54, 1.807) is 13.2 Å². The fraction of sp³-hybridized carbons (Fsp3) is 0.158. The standard InChI is InChI=1S/C19H18F2N4/c1-22-19(25-12-14-10-15(20)6-7-17(14)21)24-11-13-8-9-23-18-5-3-2-4-16(13)18/h2-10H,11-12H2,1H3,(H2,22,24,25). The molecule has 6 heteroatoms. The van der Waals surface area contributed by atoms with Gasteiger partial charge >= 0.3 is 0 Å². The number of para-hydroxylation sites is 1. The minimum absolute atomic E-state index is 0.139. The zero-order valence-electron chi connectivity index (χ0n) is 13.8. The minimum atomic E-state index is -0.468. The van der Waals surface area contributed by atoms with Crippen molar-refractivity contribution < 1.29 is 8.78 Å². The fourth-order valence-electron chi connectivity index (χ4n) is 2.57. The molecule has 0 atom stereocenters. The zero-order valence-corrected chi connectivity index (χ0v) is 13.8. The fourth-order valence-corrected chi connectivity index (χ4v) is 2.57. The quantitative estimate of drug-likeness (QED) is 0.565. The molecule has 0 saturated heterocycles. The van der Waals surface area contributed by atoms with Gasteiger partial charge in [-0.3, -0.25) is 9.98 Å². The van der Waals surface area contributed by atoms with Gasteiger partial charge in [0.05, 0.1) is 5.52 Å². The summed E-state index contributed by atoms with van der Waals surface area (Å²) in [5.41, 5.74) is 2.24. The average Bonchev–Trinajstić information content (AvgIpc) is 2.64. The Kier molecular flexibility index (Phi) is 5.18. The highest BCUT2D eigenvalue weighted by molar-refractivity contribution is 5.83. The van der Waals surface area contributed by atoms with Crippen LogP contribution in [-0.2, 0) is 13.1 Å². The van der Waals surface area contributed by atoms with E-state index in [1.807, 2.05) is 30.3 Å². The number of aromatic nitrogens is 1. The second kappa shape index (κ2) is 7.70.